The first-order valence-corrected chi connectivity index (χ1v) is 8.75. The molecule has 110 valence electrons. The predicted molar refractivity (Wildman–Crippen MR) is 83.2 cm³/mol. The first kappa shape index (κ1) is 15.3. The normalized spacial score (nSPS) is 14.9. The third kappa shape index (κ3) is 3.73. The van der Waals surface area contributed by atoms with Gasteiger partial charge in [-0.1, -0.05) is 20.3 Å². The summed E-state index contributed by atoms with van der Waals surface area (Å²) in [6.07, 6.45) is 2.92. The molecule has 0 aliphatic carbocycles. The Kier molecular flexibility index (Phi) is 5.42. The number of carbonyl (C=O) groups is 2. The smallest absolute Gasteiger partial charge is 0.245 e. The van der Waals surface area contributed by atoms with Crippen LogP contribution in [-0.4, -0.2) is 39.9 Å². The minimum atomic E-state index is -0.166. The second-order valence-electron chi connectivity index (χ2n) is 4.61. The molecule has 0 spiro atoms. The van der Waals surface area contributed by atoms with E-state index in [4.69, 9.17) is 0 Å². The number of rotatable bonds is 6. The second-order valence-corrected chi connectivity index (χ2v) is 6.65. The summed E-state index contributed by atoms with van der Waals surface area (Å²) in [4.78, 5) is 30.7. The van der Waals surface area contributed by atoms with Gasteiger partial charge in [-0.3, -0.25) is 9.59 Å². The molecule has 5 nitrogen and oxygen atoms in total. The molecule has 0 saturated carbocycles. The van der Waals surface area contributed by atoms with Gasteiger partial charge in [-0.05, 0) is 12.8 Å². The number of hydrogen-bond acceptors (Lipinski definition) is 5. The van der Waals surface area contributed by atoms with E-state index >= 15 is 0 Å². The van der Waals surface area contributed by atoms with Crippen molar-refractivity contribution in [1.82, 2.24) is 9.88 Å². The monoisotopic (exact) mass is 313 g/mol. The number of thioether (sulfide) groups is 1. The second kappa shape index (κ2) is 7.08. The summed E-state index contributed by atoms with van der Waals surface area (Å²) in [5, 5.41) is 3.46. The maximum Gasteiger partial charge on any atom is 0.245 e. The van der Waals surface area contributed by atoms with Gasteiger partial charge in [0.1, 0.15) is 6.54 Å². The van der Waals surface area contributed by atoms with Gasteiger partial charge in [0.05, 0.1) is 17.3 Å². The summed E-state index contributed by atoms with van der Waals surface area (Å²) in [7, 11) is 0. The number of nitrogens with zero attached hydrogens (tertiary/aromatic N) is 2. The molecule has 2 heterocycles. The number of aromatic nitrogens is 1. The lowest BCUT2D eigenvalue weighted by Crippen LogP contribution is -2.34. The first-order chi connectivity index (χ1) is 9.63. The molecule has 0 bridgehead atoms. The molecule has 1 aromatic heterocycles. The van der Waals surface area contributed by atoms with Crippen molar-refractivity contribution < 1.29 is 9.59 Å². The number of carbonyl (C=O) groups excluding carboxylic acids is 2. The van der Waals surface area contributed by atoms with Crippen molar-refractivity contribution in [3.63, 3.8) is 0 Å². The minimum absolute atomic E-state index is 0.0326. The van der Waals surface area contributed by atoms with Crippen LogP contribution in [-0.2, 0) is 22.4 Å². The molecule has 0 unspecified atom stereocenters. The molecule has 0 atom stereocenters. The molecule has 0 aromatic carbocycles. The van der Waals surface area contributed by atoms with Gasteiger partial charge in [-0.15, -0.1) is 23.1 Å². The SMILES string of the molecule is CCCc1nc(NC(=O)CN2CSCC2=O)sc1CC. The minimum Gasteiger partial charge on any atom is -0.323 e. The fraction of sp³-hybridized carbons (Fsp3) is 0.615. The van der Waals surface area contributed by atoms with Crippen LogP contribution in [0.25, 0.3) is 0 Å². The number of hydrogen-bond donors (Lipinski definition) is 1. The lowest BCUT2D eigenvalue weighted by atomic mass is 10.2. The van der Waals surface area contributed by atoms with E-state index in [0.717, 1.165) is 25.0 Å². The van der Waals surface area contributed by atoms with E-state index in [-0.39, 0.29) is 18.4 Å². The Balaban J connectivity index is 1.95. The van der Waals surface area contributed by atoms with Crippen molar-refractivity contribution in [2.45, 2.75) is 33.1 Å². The quantitative estimate of drug-likeness (QED) is 0.874. The zero-order valence-electron chi connectivity index (χ0n) is 11.8. The van der Waals surface area contributed by atoms with Gasteiger partial charge in [-0.2, -0.15) is 0 Å². The molecule has 20 heavy (non-hydrogen) atoms. The van der Waals surface area contributed by atoms with E-state index in [0.29, 0.717) is 16.8 Å². The maximum absolute atomic E-state index is 11.9. The average molecular weight is 313 g/mol. The molecule has 0 radical (unpaired) electrons. The number of thiazole rings is 1. The van der Waals surface area contributed by atoms with Crippen molar-refractivity contribution >= 4 is 40.0 Å². The van der Waals surface area contributed by atoms with Gasteiger partial charge in [0.15, 0.2) is 5.13 Å². The highest BCUT2D eigenvalue weighted by Gasteiger charge is 2.23. The fourth-order valence-corrected chi connectivity index (χ4v) is 3.89. The van der Waals surface area contributed by atoms with E-state index in [1.165, 1.54) is 28.0 Å². The van der Waals surface area contributed by atoms with Gasteiger partial charge < -0.3 is 10.2 Å². The van der Waals surface area contributed by atoms with E-state index in [9.17, 15) is 9.59 Å². The summed E-state index contributed by atoms with van der Waals surface area (Å²) in [6, 6.07) is 0. The summed E-state index contributed by atoms with van der Waals surface area (Å²) >= 11 is 3.07. The van der Waals surface area contributed by atoms with E-state index in [1.54, 1.807) is 4.90 Å². The predicted octanol–water partition coefficient (Wildman–Crippen LogP) is 2.13. The van der Waals surface area contributed by atoms with E-state index < -0.39 is 0 Å². The van der Waals surface area contributed by atoms with Crippen LogP contribution in [0.15, 0.2) is 0 Å². The summed E-state index contributed by atoms with van der Waals surface area (Å²) in [6.45, 7) is 4.34. The number of nitrogens with one attached hydrogen (secondary N) is 1. The molecule has 1 aromatic rings. The van der Waals surface area contributed by atoms with Gasteiger partial charge >= 0.3 is 0 Å². The number of anilines is 1. The van der Waals surface area contributed by atoms with Gasteiger partial charge in [0.2, 0.25) is 11.8 Å². The van der Waals surface area contributed by atoms with Crippen LogP contribution >= 0.6 is 23.1 Å². The van der Waals surface area contributed by atoms with Crippen molar-refractivity contribution in [2.75, 3.05) is 23.5 Å². The Morgan fingerprint density at radius 1 is 1.45 bits per heavy atom. The van der Waals surface area contributed by atoms with Crippen molar-refractivity contribution in [2.24, 2.45) is 0 Å². The van der Waals surface area contributed by atoms with Crippen molar-refractivity contribution in [3.05, 3.63) is 10.6 Å². The molecular formula is C13H19N3O2S2. The maximum atomic E-state index is 11.9. The standard InChI is InChI=1S/C13H19N3O2S2/c1-3-5-9-10(4-2)20-13(14-9)15-11(17)6-16-8-19-7-12(16)18/h3-8H2,1-2H3,(H,14,15,17). The molecule has 1 fully saturated rings. The molecule has 1 aliphatic heterocycles. The molecule has 1 N–H and O–H groups in total. The Morgan fingerprint density at radius 2 is 2.25 bits per heavy atom. The third-order valence-electron chi connectivity index (χ3n) is 2.99. The van der Waals surface area contributed by atoms with Crippen LogP contribution < -0.4 is 5.32 Å². The highest BCUT2D eigenvalue weighted by molar-refractivity contribution is 8.00. The number of amides is 2. The van der Waals surface area contributed by atoms with E-state index in [2.05, 4.69) is 24.1 Å². The Morgan fingerprint density at radius 3 is 2.85 bits per heavy atom. The lowest BCUT2D eigenvalue weighted by Gasteiger charge is -2.12. The van der Waals surface area contributed by atoms with E-state index in [1.807, 2.05) is 0 Å². The topological polar surface area (TPSA) is 62.3 Å². The summed E-state index contributed by atoms with van der Waals surface area (Å²) < 4.78 is 0. The molecule has 1 saturated heterocycles. The third-order valence-corrected chi connectivity index (χ3v) is 5.10. The van der Waals surface area contributed by atoms with Crippen molar-refractivity contribution in [1.29, 1.82) is 0 Å². The molecule has 2 amide bonds. The first-order valence-electron chi connectivity index (χ1n) is 6.78. The van der Waals surface area contributed by atoms with Gasteiger partial charge in [-0.25, -0.2) is 4.98 Å². The highest BCUT2D eigenvalue weighted by Crippen LogP contribution is 2.24. The molecule has 1 aliphatic rings. The Bertz CT molecular complexity index is 502. The van der Waals surface area contributed by atoms with Gasteiger partial charge in [0, 0.05) is 4.88 Å². The lowest BCUT2D eigenvalue weighted by molar-refractivity contribution is -0.130. The summed E-state index contributed by atoms with van der Waals surface area (Å²) in [5.41, 5.74) is 1.09. The molecular weight excluding hydrogens is 294 g/mol. The van der Waals surface area contributed by atoms with Crippen LogP contribution in [0.3, 0.4) is 0 Å². The van der Waals surface area contributed by atoms with Crippen LogP contribution in [0.5, 0.6) is 0 Å². The Labute approximate surface area is 127 Å². The zero-order chi connectivity index (χ0) is 14.5. The van der Waals surface area contributed by atoms with Gasteiger partial charge in [0.25, 0.3) is 0 Å². The van der Waals surface area contributed by atoms with Crippen LogP contribution in [0.4, 0.5) is 5.13 Å². The van der Waals surface area contributed by atoms with Crippen LogP contribution in [0.2, 0.25) is 0 Å². The largest absolute Gasteiger partial charge is 0.323 e. The van der Waals surface area contributed by atoms with Crippen molar-refractivity contribution in [3.8, 4) is 0 Å². The number of aryl methyl sites for hydroxylation is 2. The Hall–Kier alpha value is -1.08. The fourth-order valence-electron chi connectivity index (χ4n) is 2.02. The summed E-state index contributed by atoms with van der Waals surface area (Å²) in [5.74, 6) is 0.946. The average Bonchev–Trinajstić information content (AvgIpc) is 2.97. The van der Waals surface area contributed by atoms with Crippen LogP contribution in [0, 0.1) is 0 Å². The highest BCUT2D eigenvalue weighted by atomic mass is 32.2. The molecule has 2 rings (SSSR count). The zero-order valence-corrected chi connectivity index (χ0v) is 13.4. The molecule has 7 heteroatoms. The van der Waals surface area contributed by atoms with Crippen LogP contribution in [0.1, 0.15) is 30.8 Å².